The Morgan fingerprint density at radius 1 is 0.750 bits per heavy atom. The quantitative estimate of drug-likeness (QED) is 0.0755. The Kier molecular flexibility index (Phi) is 13.8. The van der Waals surface area contributed by atoms with Crippen LogP contribution in [0.1, 0.15) is 60.8 Å². The van der Waals surface area contributed by atoms with Crippen molar-refractivity contribution in [3.8, 4) is 34.3 Å². The molecule has 2 amide bonds. The minimum absolute atomic E-state index is 0. The number of fused-ring (bicyclic) bond motifs is 4. The van der Waals surface area contributed by atoms with Crippen molar-refractivity contribution in [2.24, 2.45) is 11.5 Å². The Balaban J connectivity index is 0.00000116. The number of rotatable bonds is 13. The average Bonchev–Trinajstić information content (AvgIpc) is 4.00. The van der Waals surface area contributed by atoms with Gasteiger partial charge in [0, 0.05) is 89.2 Å². The van der Waals surface area contributed by atoms with Gasteiger partial charge in [-0.3, -0.25) is 14.4 Å². The smallest absolute Gasteiger partial charge is 0.349 e. The van der Waals surface area contributed by atoms with Crippen LogP contribution in [-0.4, -0.2) is 75.2 Å². The zero-order valence-electron chi connectivity index (χ0n) is 33.1. The SMILES string of the molecule is CCOC.CCOC(=O)c1sc2cccc(O)c2c1-c1nc2cc(C(N)=O)ccc2n1CCn1c(-c2c(C=O)sc3cccc(OCC)c23)nc2cc(C(N)=O)ccc21.[U]. The first kappa shape index (κ1) is 44.0. The van der Waals surface area contributed by atoms with E-state index in [1.54, 1.807) is 68.6 Å². The molecule has 0 atom stereocenters. The Morgan fingerprint density at radius 2 is 1.30 bits per heavy atom. The van der Waals surface area contributed by atoms with Crippen molar-refractivity contribution in [1.82, 2.24) is 19.1 Å². The van der Waals surface area contributed by atoms with Crippen LogP contribution in [0.25, 0.3) is 65.0 Å². The maximum atomic E-state index is 13.5. The molecule has 5 N–H and O–H groups in total. The number of hydrogen-bond acceptors (Lipinski definition) is 12. The summed E-state index contributed by atoms with van der Waals surface area (Å²) in [7, 11) is 1.68. The van der Waals surface area contributed by atoms with Crippen LogP contribution in [0.4, 0.5) is 0 Å². The van der Waals surface area contributed by atoms with Gasteiger partial charge in [-0.1, -0.05) is 12.1 Å². The molecule has 4 aromatic carbocycles. The van der Waals surface area contributed by atoms with E-state index in [0.29, 0.717) is 72.2 Å². The topological polar surface area (TPSA) is 204 Å². The van der Waals surface area contributed by atoms with Gasteiger partial charge >= 0.3 is 5.97 Å². The molecule has 14 nitrogen and oxygen atoms in total. The van der Waals surface area contributed by atoms with Gasteiger partial charge in [-0.05, 0) is 81.4 Å². The van der Waals surface area contributed by atoms with Gasteiger partial charge in [0.1, 0.15) is 28.0 Å². The predicted molar refractivity (Wildman–Crippen MR) is 230 cm³/mol. The van der Waals surface area contributed by atoms with Gasteiger partial charge in [0.05, 0.1) is 51.3 Å². The number of nitrogens with zero attached hydrogens (tertiary/aromatic N) is 4. The van der Waals surface area contributed by atoms with E-state index in [1.165, 1.54) is 22.7 Å². The third-order valence-electron chi connectivity index (χ3n) is 9.61. The normalized spacial score (nSPS) is 11.1. The fraction of sp³-hybridized carbons (Fsp3) is 0.209. The molecule has 4 heterocycles. The molecule has 0 radical (unpaired) electrons. The number of esters is 1. The molecule has 8 rings (SSSR count). The summed E-state index contributed by atoms with van der Waals surface area (Å²) in [4.78, 5) is 61.4. The van der Waals surface area contributed by atoms with Crippen LogP contribution in [0.5, 0.6) is 11.5 Å². The number of carbonyl (C=O) groups is 4. The summed E-state index contributed by atoms with van der Waals surface area (Å²) in [5, 5.41) is 12.4. The Labute approximate surface area is 375 Å². The van der Waals surface area contributed by atoms with Gasteiger partial charge in [0.2, 0.25) is 11.8 Å². The molecule has 0 unspecified atom stereocenters. The van der Waals surface area contributed by atoms with E-state index in [2.05, 4.69) is 4.74 Å². The molecular weight excluding hydrogens is 1030 g/mol. The van der Waals surface area contributed by atoms with Crippen LogP contribution in [0.15, 0.2) is 72.8 Å². The number of methoxy groups -OCH3 is 1. The molecule has 0 bridgehead atoms. The average molecular weight is 1070 g/mol. The van der Waals surface area contributed by atoms with Crippen molar-refractivity contribution >= 4 is 89.0 Å². The summed E-state index contributed by atoms with van der Waals surface area (Å²) in [5.74, 6) is -0.445. The molecule has 0 aliphatic heterocycles. The van der Waals surface area contributed by atoms with Crippen molar-refractivity contribution in [2.45, 2.75) is 33.9 Å². The van der Waals surface area contributed by atoms with Crippen LogP contribution >= 0.6 is 22.7 Å². The minimum atomic E-state index is -0.630. The number of aldehydes is 1. The molecule has 0 aliphatic carbocycles. The molecule has 0 spiro atoms. The van der Waals surface area contributed by atoms with E-state index < -0.39 is 17.8 Å². The number of carbonyl (C=O) groups excluding carboxylic acids is 4. The van der Waals surface area contributed by atoms with Crippen LogP contribution < -0.4 is 16.2 Å². The van der Waals surface area contributed by atoms with Crippen LogP contribution in [0, 0.1) is 31.1 Å². The van der Waals surface area contributed by atoms with Gasteiger partial charge in [0.15, 0.2) is 6.29 Å². The van der Waals surface area contributed by atoms with Crippen LogP contribution in [-0.2, 0) is 22.6 Å². The number of aryl methyl sites for hydroxylation is 2. The summed E-state index contributed by atoms with van der Waals surface area (Å²) in [6.45, 7) is 7.38. The van der Waals surface area contributed by atoms with Crippen molar-refractivity contribution in [3.05, 3.63) is 93.7 Å². The van der Waals surface area contributed by atoms with E-state index in [-0.39, 0.29) is 72.6 Å². The van der Waals surface area contributed by atoms with E-state index in [4.69, 9.17) is 30.9 Å². The minimum Gasteiger partial charge on any atom is -0.507 e. The van der Waals surface area contributed by atoms with E-state index in [1.807, 2.05) is 41.2 Å². The van der Waals surface area contributed by atoms with Gasteiger partial charge < -0.3 is 39.9 Å². The number of phenols is 1. The molecule has 4 aromatic heterocycles. The number of primary amides is 2. The summed E-state index contributed by atoms with van der Waals surface area (Å²) in [6, 6.07) is 20.6. The summed E-state index contributed by atoms with van der Waals surface area (Å²) in [5.41, 5.74) is 15.0. The second-order valence-corrected chi connectivity index (χ2v) is 15.2. The van der Waals surface area contributed by atoms with Crippen molar-refractivity contribution in [3.63, 3.8) is 0 Å². The number of nitrogens with two attached hydrogens (primary N) is 2. The fourth-order valence-corrected chi connectivity index (χ4v) is 9.15. The Bertz CT molecular complexity index is 2930. The van der Waals surface area contributed by atoms with Crippen LogP contribution in [0.3, 0.4) is 0 Å². The van der Waals surface area contributed by atoms with Gasteiger partial charge in [-0.15, -0.1) is 22.7 Å². The zero-order chi connectivity index (χ0) is 42.0. The first-order valence-electron chi connectivity index (χ1n) is 18.7. The van der Waals surface area contributed by atoms with E-state index >= 15 is 0 Å². The third kappa shape index (κ3) is 8.15. The van der Waals surface area contributed by atoms with Crippen molar-refractivity contribution in [2.75, 3.05) is 26.9 Å². The van der Waals surface area contributed by atoms with Gasteiger partial charge in [0.25, 0.3) is 0 Å². The van der Waals surface area contributed by atoms with E-state index in [9.17, 15) is 24.3 Å². The second-order valence-electron chi connectivity index (χ2n) is 13.1. The molecule has 0 aliphatic rings. The van der Waals surface area contributed by atoms with E-state index in [0.717, 1.165) is 23.0 Å². The molecular formula is C43H40N6O8S2U. The van der Waals surface area contributed by atoms with Crippen molar-refractivity contribution in [1.29, 1.82) is 0 Å². The molecule has 0 fully saturated rings. The maximum Gasteiger partial charge on any atom is 0.349 e. The predicted octanol–water partition coefficient (Wildman–Crippen LogP) is 7.79. The number of phenolic OH excluding ortho intramolecular Hbond substituents is 1. The molecule has 0 saturated carbocycles. The van der Waals surface area contributed by atoms with Crippen LogP contribution in [0.2, 0.25) is 0 Å². The Morgan fingerprint density at radius 3 is 1.82 bits per heavy atom. The third-order valence-corrected chi connectivity index (χ3v) is 11.8. The summed E-state index contributed by atoms with van der Waals surface area (Å²) >= 11 is 2.50. The number of hydrogen-bond donors (Lipinski definition) is 3. The monoisotopic (exact) mass is 1070 g/mol. The summed E-state index contributed by atoms with van der Waals surface area (Å²) in [6.07, 6.45) is 0.803. The number of aromatic hydroxyl groups is 1. The largest absolute Gasteiger partial charge is 0.507 e. The van der Waals surface area contributed by atoms with Gasteiger partial charge in [-0.2, -0.15) is 0 Å². The molecule has 17 heteroatoms. The molecule has 8 aromatic rings. The number of benzene rings is 4. The number of ether oxygens (including phenoxy) is 3. The van der Waals surface area contributed by atoms with Crippen molar-refractivity contribution < 1.29 is 69.6 Å². The Hall–Kier alpha value is -5.57. The summed E-state index contributed by atoms with van der Waals surface area (Å²) < 4.78 is 21.4. The first-order chi connectivity index (χ1) is 28.5. The molecule has 0 saturated heterocycles. The standard InChI is InChI=1S/C40H32N6O7S2.C3H8O.U/c1-3-52-27-8-6-10-29-32(27)33(30(19-47)54-29)38-43-22-17-20(36(41)49)11-13-24(22)45(38)15-16-46-25-14-12-21(37(42)50)18-23(25)44-39(46)34-31-26(48)7-5-9-28(31)55-35(34)40(51)53-4-2;1-3-4-2;/h5-14,17-19,48H,3-4,15-16H2,1-2H3,(H2,41,49)(H2,42,50);3H2,1-2H3;. The number of amides is 2. The fourth-order valence-electron chi connectivity index (χ4n) is 7.00. The molecule has 306 valence electrons. The number of aromatic nitrogens is 4. The number of imidazole rings is 2. The first-order valence-corrected chi connectivity index (χ1v) is 20.3. The second kappa shape index (κ2) is 18.8. The van der Waals surface area contributed by atoms with Gasteiger partial charge in [-0.25, -0.2) is 14.8 Å². The zero-order valence-corrected chi connectivity index (χ0v) is 38.9. The maximum absolute atomic E-state index is 13.5. The molecule has 60 heavy (non-hydrogen) atoms. The number of thiophene rings is 2.